The maximum Gasteiger partial charge on any atom is 0.272 e. The SMILES string of the molecule is COCCn1nc(C(=O)NCc2cn[nH]c2-c2cccc(OC)c2)c2c1CCOC2. The molecule has 30 heavy (non-hydrogen) atoms. The summed E-state index contributed by atoms with van der Waals surface area (Å²) >= 11 is 0. The lowest BCUT2D eigenvalue weighted by atomic mass is 10.1. The lowest BCUT2D eigenvalue weighted by Crippen LogP contribution is -2.25. The summed E-state index contributed by atoms with van der Waals surface area (Å²) in [5, 5.41) is 14.6. The van der Waals surface area contributed by atoms with Crippen LogP contribution in [0.1, 0.15) is 27.3 Å². The van der Waals surface area contributed by atoms with Crippen LogP contribution in [0.15, 0.2) is 30.5 Å². The van der Waals surface area contributed by atoms with E-state index in [0.717, 1.165) is 40.2 Å². The van der Waals surface area contributed by atoms with Crippen molar-refractivity contribution in [2.75, 3.05) is 27.4 Å². The summed E-state index contributed by atoms with van der Waals surface area (Å²) < 4.78 is 17.9. The van der Waals surface area contributed by atoms with Gasteiger partial charge in [0.15, 0.2) is 5.69 Å². The van der Waals surface area contributed by atoms with Gasteiger partial charge in [0.1, 0.15) is 5.75 Å². The number of H-pyrrole nitrogens is 1. The smallest absolute Gasteiger partial charge is 0.272 e. The predicted octanol–water partition coefficient (Wildman–Crippen LogP) is 1.93. The molecular weight excluding hydrogens is 386 g/mol. The Hall–Kier alpha value is -3.17. The monoisotopic (exact) mass is 411 g/mol. The molecule has 2 N–H and O–H groups in total. The number of ether oxygens (including phenoxy) is 3. The number of nitrogens with zero attached hydrogens (tertiary/aromatic N) is 3. The second-order valence-electron chi connectivity index (χ2n) is 6.98. The Bertz CT molecular complexity index is 1030. The van der Waals surface area contributed by atoms with Gasteiger partial charge < -0.3 is 19.5 Å². The topological polar surface area (TPSA) is 103 Å². The van der Waals surface area contributed by atoms with E-state index in [-0.39, 0.29) is 5.91 Å². The van der Waals surface area contributed by atoms with Gasteiger partial charge in [-0.2, -0.15) is 10.2 Å². The van der Waals surface area contributed by atoms with Crippen molar-refractivity contribution in [2.45, 2.75) is 26.1 Å². The lowest BCUT2D eigenvalue weighted by Gasteiger charge is -2.14. The standard InChI is InChI=1S/C21H25N5O4/c1-28-9-7-26-18-6-8-30-13-17(18)20(25-26)21(27)22-11-15-12-23-24-19(15)14-4-3-5-16(10-14)29-2/h3-5,10,12H,6-9,11,13H2,1-2H3,(H,22,27)(H,23,24). The van der Waals surface area contributed by atoms with E-state index in [1.165, 1.54) is 0 Å². The molecule has 1 aliphatic heterocycles. The van der Waals surface area contributed by atoms with E-state index in [0.29, 0.717) is 38.6 Å². The minimum Gasteiger partial charge on any atom is -0.497 e. The minimum atomic E-state index is -0.231. The van der Waals surface area contributed by atoms with Gasteiger partial charge >= 0.3 is 0 Å². The molecule has 0 radical (unpaired) electrons. The average molecular weight is 411 g/mol. The molecule has 1 aliphatic rings. The molecule has 158 valence electrons. The van der Waals surface area contributed by atoms with Crippen molar-refractivity contribution in [1.29, 1.82) is 0 Å². The molecule has 0 unspecified atom stereocenters. The van der Waals surface area contributed by atoms with Crippen LogP contribution < -0.4 is 10.1 Å². The summed E-state index contributed by atoms with van der Waals surface area (Å²) in [4.78, 5) is 12.9. The van der Waals surface area contributed by atoms with Crippen LogP contribution in [0.5, 0.6) is 5.75 Å². The van der Waals surface area contributed by atoms with Gasteiger partial charge in [-0.1, -0.05) is 12.1 Å². The van der Waals surface area contributed by atoms with E-state index >= 15 is 0 Å². The van der Waals surface area contributed by atoms with Crippen LogP contribution in [0, 0.1) is 0 Å². The lowest BCUT2D eigenvalue weighted by molar-refractivity contribution is 0.0922. The number of fused-ring (bicyclic) bond motifs is 1. The molecule has 2 aromatic heterocycles. The van der Waals surface area contributed by atoms with E-state index < -0.39 is 0 Å². The van der Waals surface area contributed by atoms with Crippen molar-refractivity contribution in [1.82, 2.24) is 25.3 Å². The van der Waals surface area contributed by atoms with Crippen LogP contribution in [0.3, 0.4) is 0 Å². The predicted molar refractivity (Wildman–Crippen MR) is 109 cm³/mol. The number of benzene rings is 1. The fourth-order valence-corrected chi connectivity index (χ4v) is 3.59. The largest absolute Gasteiger partial charge is 0.497 e. The summed E-state index contributed by atoms with van der Waals surface area (Å²) in [5.41, 5.74) is 4.96. The Morgan fingerprint density at radius 2 is 2.27 bits per heavy atom. The van der Waals surface area contributed by atoms with E-state index in [2.05, 4.69) is 20.6 Å². The third kappa shape index (κ3) is 4.07. The fourth-order valence-electron chi connectivity index (χ4n) is 3.59. The first-order valence-electron chi connectivity index (χ1n) is 9.81. The summed E-state index contributed by atoms with van der Waals surface area (Å²) in [7, 11) is 3.28. The van der Waals surface area contributed by atoms with Crippen molar-refractivity contribution in [2.24, 2.45) is 0 Å². The molecule has 1 aromatic carbocycles. The summed E-state index contributed by atoms with van der Waals surface area (Å²) in [6.07, 6.45) is 2.45. The third-order valence-corrected chi connectivity index (χ3v) is 5.13. The number of nitrogens with one attached hydrogen (secondary N) is 2. The average Bonchev–Trinajstić information content (AvgIpc) is 3.41. The van der Waals surface area contributed by atoms with Crippen molar-refractivity contribution in [3.8, 4) is 17.0 Å². The van der Waals surface area contributed by atoms with Gasteiger partial charge in [-0.05, 0) is 12.1 Å². The van der Waals surface area contributed by atoms with Gasteiger partial charge in [0.2, 0.25) is 0 Å². The van der Waals surface area contributed by atoms with Gasteiger partial charge in [-0.25, -0.2) is 0 Å². The van der Waals surface area contributed by atoms with Gasteiger partial charge in [-0.15, -0.1) is 0 Å². The molecule has 0 atom stereocenters. The quantitative estimate of drug-likeness (QED) is 0.587. The molecule has 1 amide bonds. The van der Waals surface area contributed by atoms with Gasteiger partial charge in [0, 0.05) is 42.5 Å². The Kier molecular flexibility index (Phi) is 6.10. The van der Waals surface area contributed by atoms with Crippen LogP contribution in [-0.4, -0.2) is 53.3 Å². The molecule has 9 nitrogen and oxygen atoms in total. The zero-order chi connectivity index (χ0) is 20.9. The Morgan fingerprint density at radius 1 is 1.37 bits per heavy atom. The van der Waals surface area contributed by atoms with Crippen molar-refractivity contribution >= 4 is 5.91 Å². The second kappa shape index (κ2) is 9.10. The summed E-state index contributed by atoms with van der Waals surface area (Å²) in [6, 6.07) is 7.68. The van der Waals surface area contributed by atoms with E-state index in [1.807, 2.05) is 28.9 Å². The highest BCUT2D eigenvalue weighted by Gasteiger charge is 2.25. The van der Waals surface area contributed by atoms with Crippen molar-refractivity contribution < 1.29 is 19.0 Å². The molecule has 0 spiro atoms. The number of hydrogen-bond acceptors (Lipinski definition) is 6. The third-order valence-electron chi connectivity index (χ3n) is 5.13. The van der Waals surface area contributed by atoms with Gasteiger partial charge in [0.05, 0.1) is 45.4 Å². The number of carbonyl (C=O) groups excluding carboxylic acids is 1. The highest BCUT2D eigenvalue weighted by atomic mass is 16.5. The van der Waals surface area contributed by atoms with E-state index in [1.54, 1.807) is 20.4 Å². The first-order chi connectivity index (χ1) is 14.7. The Balaban J connectivity index is 1.51. The summed E-state index contributed by atoms with van der Waals surface area (Å²) in [6.45, 7) is 2.49. The first-order valence-corrected chi connectivity index (χ1v) is 9.81. The normalized spacial score (nSPS) is 13.1. The second-order valence-corrected chi connectivity index (χ2v) is 6.98. The number of rotatable bonds is 8. The van der Waals surface area contributed by atoms with Gasteiger partial charge in [0.25, 0.3) is 5.91 Å². The highest BCUT2D eigenvalue weighted by molar-refractivity contribution is 5.94. The number of amides is 1. The minimum absolute atomic E-state index is 0.231. The fraction of sp³-hybridized carbons (Fsp3) is 0.381. The highest BCUT2D eigenvalue weighted by Crippen LogP contribution is 2.25. The molecule has 3 heterocycles. The number of aromatic amines is 1. The zero-order valence-electron chi connectivity index (χ0n) is 17.1. The molecule has 0 saturated heterocycles. The molecule has 0 bridgehead atoms. The first kappa shape index (κ1) is 20.1. The van der Waals surface area contributed by atoms with Crippen molar-refractivity contribution in [3.63, 3.8) is 0 Å². The molecular formula is C21H25N5O4. The Morgan fingerprint density at radius 3 is 3.10 bits per heavy atom. The Labute approximate surface area is 174 Å². The van der Waals surface area contributed by atoms with E-state index in [9.17, 15) is 4.79 Å². The molecule has 3 aromatic rings. The van der Waals surface area contributed by atoms with Crippen LogP contribution in [0.2, 0.25) is 0 Å². The number of hydrogen-bond donors (Lipinski definition) is 2. The number of aromatic nitrogens is 4. The molecule has 0 fully saturated rings. The summed E-state index contributed by atoms with van der Waals surface area (Å²) in [5.74, 6) is 0.524. The molecule has 4 rings (SSSR count). The number of methoxy groups -OCH3 is 2. The van der Waals surface area contributed by atoms with Crippen LogP contribution in [0.4, 0.5) is 0 Å². The molecule has 9 heteroatoms. The van der Waals surface area contributed by atoms with E-state index in [4.69, 9.17) is 14.2 Å². The maximum atomic E-state index is 12.9. The molecule has 0 aliphatic carbocycles. The van der Waals surface area contributed by atoms with Crippen LogP contribution in [-0.2, 0) is 35.6 Å². The van der Waals surface area contributed by atoms with Crippen LogP contribution >= 0.6 is 0 Å². The molecule has 0 saturated carbocycles. The zero-order valence-corrected chi connectivity index (χ0v) is 17.1. The number of carbonyl (C=O) groups is 1. The van der Waals surface area contributed by atoms with Crippen LogP contribution in [0.25, 0.3) is 11.3 Å². The van der Waals surface area contributed by atoms with Gasteiger partial charge in [-0.3, -0.25) is 14.6 Å². The maximum absolute atomic E-state index is 12.9. The van der Waals surface area contributed by atoms with Crippen molar-refractivity contribution in [3.05, 3.63) is 53.0 Å².